The quantitative estimate of drug-likeness (QED) is 0.387. The van der Waals surface area contributed by atoms with Crippen LogP contribution in [0.5, 0.6) is 0 Å². The smallest absolute Gasteiger partial charge is 0.333 e. The van der Waals surface area contributed by atoms with E-state index in [0.29, 0.717) is 5.57 Å². The zero-order valence-corrected chi connectivity index (χ0v) is 11.4. The molecule has 0 aromatic heterocycles. The molecule has 0 heterocycles. The molecule has 0 fully saturated rings. The predicted molar refractivity (Wildman–Crippen MR) is 68.3 cm³/mol. The minimum absolute atomic E-state index is 0.00114. The van der Waals surface area contributed by atoms with Crippen LogP contribution in [-0.4, -0.2) is 12.1 Å². The Morgan fingerprint density at radius 2 is 1.88 bits per heavy atom. The zero-order chi connectivity index (χ0) is 12.8. The summed E-state index contributed by atoms with van der Waals surface area (Å²) in [6.45, 7) is 13.8. The maximum atomic E-state index is 11.5. The average Bonchev–Trinajstić information content (AvgIpc) is 2.14. The lowest BCUT2D eigenvalue weighted by atomic mass is 9.86. The van der Waals surface area contributed by atoms with Gasteiger partial charge in [-0.25, -0.2) is 4.79 Å². The Labute approximate surface area is 100 Å². The summed E-state index contributed by atoms with van der Waals surface area (Å²) in [5.74, 6) is -0.267. The van der Waals surface area contributed by atoms with Crippen LogP contribution >= 0.6 is 0 Å². The van der Waals surface area contributed by atoms with Gasteiger partial charge in [0.2, 0.25) is 0 Å². The molecule has 1 atom stereocenters. The number of hydrogen-bond acceptors (Lipinski definition) is 2. The van der Waals surface area contributed by atoms with Gasteiger partial charge >= 0.3 is 5.97 Å². The number of esters is 1. The van der Waals surface area contributed by atoms with E-state index >= 15 is 0 Å². The molecule has 16 heavy (non-hydrogen) atoms. The lowest BCUT2D eigenvalue weighted by molar-refractivity contribution is -0.150. The first-order valence-corrected chi connectivity index (χ1v) is 6.15. The molecule has 0 aromatic rings. The van der Waals surface area contributed by atoms with Crippen LogP contribution in [0, 0.1) is 5.41 Å². The van der Waals surface area contributed by atoms with Crippen molar-refractivity contribution >= 4 is 5.97 Å². The molecule has 0 aliphatic rings. The van der Waals surface area contributed by atoms with Gasteiger partial charge in [-0.05, 0) is 25.2 Å². The van der Waals surface area contributed by atoms with Crippen LogP contribution in [0.4, 0.5) is 0 Å². The predicted octanol–water partition coefficient (Wildman–Crippen LogP) is 4.10. The SMILES string of the molecule is C=C(C)C(=O)OC(CCCCC)C(C)(C)C. The standard InChI is InChI=1S/C14H26O2/c1-7-8-9-10-12(14(4,5)6)16-13(15)11(2)3/h12H,2,7-10H2,1,3-6H3. The highest BCUT2D eigenvalue weighted by atomic mass is 16.5. The van der Waals surface area contributed by atoms with E-state index in [4.69, 9.17) is 4.74 Å². The summed E-state index contributed by atoms with van der Waals surface area (Å²) in [5, 5.41) is 0. The summed E-state index contributed by atoms with van der Waals surface area (Å²) in [5.41, 5.74) is 0.475. The lowest BCUT2D eigenvalue weighted by Crippen LogP contribution is -2.31. The first kappa shape index (κ1) is 15.2. The van der Waals surface area contributed by atoms with Crippen LogP contribution < -0.4 is 0 Å². The molecule has 0 spiro atoms. The zero-order valence-electron chi connectivity index (χ0n) is 11.4. The summed E-state index contributed by atoms with van der Waals surface area (Å²) in [4.78, 5) is 11.5. The summed E-state index contributed by atoms with van der Waals surface area (Å²) in [6, 6.07) is 0. The fraction of sp³-hybridized carbons (Fsp3) is 0.786. The second-order valence-electron chi connectivity index (χ2n) is 5.54. The molecule has 0 aromatic carbocycles. The molecule has 0 amide bonds. The fourth-order valence-corrected chi connectivity index (χ4v) is 1.48. The second-order valence-corrected chi connectivity index (χ2v) is 5.54. The van der Waals surface area contributed by atoms with E-state index in [1.807, 2.05) is 0 Å². The van der Waals surface area contributed by atoms with Gasteiger partial charge in [-0.2, -0.15) is 0 Å². The molecular formula is C14H26O2. The van der Waals surface area contributed by atoms with Crippen molar-refractivity contribution in [3.8, 4) is 0 Å². The van der Waals surface area contributed by atoms with Gasteiger partial charge in [-0.15, -0.1) is 0 Å². The normalized spacial score (nSPS) is 13.3. The highest BCUT2D eigenvalue weighted by Crippen LogP contribution is 2.27. The molecule has 2 heteroatoms. The van der Waals surface area contributed by atoms with Crippen molar-refractivity contribution in [3.05, 3.63) is 12.2 Å². The molecule has 0 rings (SSSR count). The van der Waals surface area contributed by atoms with Crippen molar-refractivity contribution < 1.29 is 9.53 Å². The molecule has 94 valence electrons. The molecule has 1 unspecified atom stereocenters. The van der Waals surface area contributed by atoms with Gasteiger partial charge < -0.3 is 4.74 Å². The minimum Gasteiger partial charge on any atom is -0.458 e. The molecule has 0 bridgehead atoms. The van der Waals surface area contributed by atoms with Gasteiger partial charge in [0, 0.05) is 5.57 Å². The second kappa shape index (κ2) is 6.72. The number of hydrogen-bond donors (Lipinski definition) is 0. The molecule has 0 aliphatic heterocycles. The fourth-order valence-electron chi connectivity index (χ4n) is 1.48. The van der Waals surface area contributed by atoms with Crippen molar-refractivity contribution in [2.24, 2.45) is 5.41 Å². The van der Waals surface area contributed by atoms with Gasteiger partial charge in [-0.3, -0.25) is 0 Å². The lowest BCUT2D eigenvalue weighted by Gasteiger charge is -2.30. The highest BCUT2D eigenvalue weighted by Gasteiger charge is 2.27. The topological polar surface area (TPSA) is 26.3 Å². The van der Waals surface area contributed by atoms with Crippen LogP contribution in [0.2, 0.25) is 0 Å². The Bertz CT molecular complexity index is 236. The van der Waals surface area contributed by atoms with Gasteiger partial charge in [0.1, 0.15) is 6.10 Å². The van der Waals surface area contributed by atoms with Crippen LogP contribution in [-0.2, 0) is 9.53 Å². The number of rotatable bonds is 6. The first-order valence-electron chi connectivity index (χ1n) is 6.15. The maximum Gasteiger partial charge on any atom is 0.333 e. The van der Waals surface area contributed by atoms with E-state index in [-0.39, 0.29) is 17.5 Å². The number of unbranched alkanes of at least 4 members (excludes halogenated alkanes) is 2. The third kappa shape index (κ3) is 5.94. The maximum absolute atomic E-state index is 11.5. The largest absolute Gasteiger partial charge is 0.458 e. The van der Waals surface area contributed by atoms with E-state index in [1.54, 1.807) is 6.92 Å². The highest BCUT2D eigenvalue weighted by molar-refractivity contribution is 5.87. The Morgan fingerprint density at radius 3 is 2.25 bits per heavy atom. The Morgan fingerprint density at radius 1 is 1.31 bits per heavy atom. The number of ether oxygens (including phenoxy) is 1. The molecule has 0 saturated heterocycles. The van der Waals surface area contributed by atoms with Gasteiger partial charge in [0.15, 0.2) is 0 Å². The van der Waals surface area contributed by atoms with E-state index < -0.39 is 0 Å². The Balaban J connectivity index is 4.33. The van der Waals surface area contributed by atoms with E-state index in [9.17, 15) is 4.79 Å². The Hall–Kier alpha value is -0.790. The van der Waals surface area contributed by atoms with Crippen LogP contribution in [0.3, 0.4) is 0 Å². The van der Waals surface area contributed by atoms with Crippen molar-refractivity contribution in [1.29, 1.82) is 0 Å². The van der Waals surface area contributed by atoms with Gasteiger partial charge in [-0.1, -0.05) is 47.1 Å². The van der Waals surface area contributed by atoms with E-state index in [0.717, 1.165) is 12.8 Å². The van der Waals surface area contributed by atoms with Gasteiger partial charge in [0.05, 0.1) is 0 Å². The summed E-state index contributed by atoms with van der Waals surface area (Å²) >= 11 is 0. The summed E-state index contributed by atoms with van der Waals surface area (Å²) in [7, 11) is 0. The average molecular weight is 226 g/mol. The molecular weight excluding hydrogens is 200 g/mol. The van der Waals surface area contributed by atoms with Crippen LogP contribution in [0.25, 0.3) is 0 Å². The third-order valence-electron chi connectivity index (χ3n) is 2.63. The summed E-state index contributed by atoms with van der Waals surface area (Å²) in [6.07, 6.45) is 4.42. The van der Waals surface area contributed by atoms with Gasteiger partial charge in [0.25, 0.3) is 0 Å². The number of carbonyl (C=O) groups is 1. The molecule has 0 saturated carbocycles. The van der Waals surface area contributed by atoms with Crippen molar-refractivity contribution in [2.75, 3.05) is 0 Å². The molecule has 0 radical (unpaired) electrons. The van der Waals surface area contributed by atoms with Crippen molar-refractivity contribution in [2.45, 2.75) is 66.4 Å². The van der Waals surface area contributed by atoms with E-state index in [1.165, 1.54) is 12.8 Å². The first-order chi connectivity index (χ1) is 7.29. The monoisotopic (exact) mass is 226 g/mol. The van der Waals surface area contributed by atoms with E-state index in [2.05, 4.69) is 34.3 Å². The summed E-state index contributed by atoms with van der Waals surface area (Å²) < 4.78 is 5.48. The third-order valence-corrected chi connectivity index (χ3v) is 2.63. The Kier molecular flexibility index (Phi) is 6.39. The van der Waals surface area contributed by atoms with Crippen LogP contribution in [0.1, 0.15) is 60.3 Å². The van der Waals surface area contributed by atoms with Crippen LogP contribution in [0.15, 0.2) is 12.2 Å². The molecule has 0 aliphatic carbocycles. The molecule has 2 nitrogen and oxygen atoms in total. The van der Waals surface area contributed by atoms with Crippen molar-refractivity contribution in [1.82, 2.24) is 0 Å². The minimum atomic E-state index is -0.267. The number of carbonyl (C=O) groups excluding carboxylic acids is 1. The molecule has 0 N–H and O–H groups in total. The van der Waals surface area contributed by atoms with Crippen molar-refractivity contribution in [3.63, 3.8) is 0 Å².